The van der Waals surface area contributed by atoms with E-state index in [2.05, 4.69) is 0 Å². The third kappa shape index (κ3) is 3.99. The van der Waals surface area contributed by atoms with Gasteiger partial charge in [-0.15, -0.1) is 0 Å². The Hall–Kier alpha value is -1.01. The SMILES string of the molecule is COc1cc(I)ccc1C(=O)NCC(F)(F)S(=O)(=O)O. The molecule has 0 saturated carbocycles. The highest BCUT2D eigenvalue weighted by molar-refractivity contribution is 14.1. The number of hydrogen-bond acceptors (Lipinski definition) is 4. The molecule has 0 spiro atoms. The fourth-order valence-corrected chi connectivity index (χ4v) is 1.94. The lowest BCUT2D eigenvalue weighted by Crippen LogP contribution is -2.42. The second kappa shape index (κ2) is 6.18. The molecule has 1 aromatic rings. The first-order valence-electron chi connectivity index (χ1n) is 5.05. The Morgan fingerprint density at radius 2 is 2.10 bits per heavy atom. The normalized spacial score (nSPS) is 12.1. The van der Waals surface area contributed by atoms with Crippen LogP contribution in [0.3, 0.4) is 0 Å². The molecule has 0 aliphatic heterocycles. The van der Waals surface area contributed by atoms with Gasteiger partial charge in [0.15, 0.2) is 0 Å². The Morgan fingerprint density at radius 3 is 2.60 bits per heavy atom. The predicted molar refractivity (Wildman–Crippen MR) is 74.5 cm³/mol. The summed E-state index contributed by atoms with van der Waals surface area (Å²) in [6, 6.07) is 4.41. The molecule has 1 amide bonds. The third-order valence-electron chi connectivity index (χ3n) is 2.24. The third-order valence-corrected chi connectivity index (χ3v) is 3.81. The first-order valence-corrected chi connectivity index (χ1v) is 7.57. The van der Waals surface area contributed by atoms with E-state index in [0.717, 1.165) is 3.57 Å². The van der Waals surface area contributed by atoms with E-state index in [1.54, 1.807) is 11.4 Å². The average Bonchev–Trinajstić information content (AvgIpc) is 2.34. The first-order chi connectivity index (χ1) is 9.08. The lowest BCUT2D eigenvalue weighted by atomic mass is 10.2. The van der Waals surface area contributed by atoms with E-state index in [4.69, 9.17) is 9.29 Å². The highest BCUT2D eigenvalue weighted by Crippen LogP contribution is 2.22. The van der Waals surface area contributed by atoms with Crippen LogP contribution in [-0.4, -0.2) is 37.8 Å². The Kier molecular flexibility index (Phi) is 5.27. The van der Waals surface area contributed by atoms with Crippen LogP contribution < -0.4 is 10.1 Å². The van der Waals surface area contributed by atoms with Crippen molar-refractivity contribution in [3.63, 3.8) is 0 Å². The van der Waals surface area contributed by atoms with Gasteiger partial charge in [-0.3, -0.25) is 9.35 Å². The van der Waals surface area contributed by atoms with Crippen LogP contribution in [0.4, 0.5) is 8.78 Å². The fraction of sp³-hybridized carbons (Fsp3) is 0.300. The second-order valence-electron chi connectivity index (χ2n) is 3.64. The summed E-state index contributed by atoms with van der Waals surface area (Å²) in [7, 11) is -4.28. The van der Waals surface area contributed by atoms with Gasteiger partial charge in [-0.1, -0.05) is 0 Å². The van der Waals surface area contributed by atoms with Crippen LogP contribution in [0, 0.1) is 3.57 Å². The number of carbonyl (C=O) groups is 1. The minimum Gasteiger partial charge on any atom is -0.496 e. The van der Waals surface area contributed by atoms with Crippen molar-refractivity contribution in [3.8, 4) is 5.75 Å². The maximum atomic E-state index is 13.0. The Morgan fingerprint density at radius 1 is 1.50 bits per heavy atom. The zero-order chi connectivity index (χ0) is 15.6. The van der Waals surface area contributed by atoms with Crippen molar-refractivity contribution in [3.05, 3.63) is 27.3 Å². The molecule has 0 aliphatic carbocycles. The Balaban J connectivity index is 2.88. The fourth-order valence-electron chi connectivity index (χ4n) is 1.22. The summed E-state index contributed by atoms with van der Waals surface area (Å²) in [5.41, 5.74) is -0.0287. The van der Waals surface area contributed by atoms with Gasteiger partial charge < -0.3 is 10.1 Å². The molecule has 6 nitrogen and oxygen atoms in total. The van der Waals surface area contributed by atoms with E-state index in [1.165, 1.54) is 19.2 Å². The van der Waals surface area contributed by atoms with Crippen molar-refractivity contribution >= 4 is 38.6 Å². The zero-order valence-electron chi connectivity index (χ0n) is 10.1. The molecule has 0 radical (unpaired) electrons. The molecule has 0 atom stereocenters. The second-order valence-corrected chi connectivity index (χ2v) is 6.43. The maximum absolute atomic E-state index is 13.0. The number of methoxy groups -OCH3 is 1. The van der Waals surface area contributed by atoms with Gasteiger partial charge in [0.05, 0.1) is 19.2 Å². The van der Waals surface area contributed by atoms with Crippen LogP contribution in [0.25, 0.3) is 0 Å². The summed E-state index contributed by atoms with van der Waals surface area (Å²) in [5.74, 6) is -0.786. The Labute approximate surface area is 127 Å². The summed E-state index contributed by atoms with van der Waals surface area (Å²) < 4.78 is 60.7. The minimum absolute atomic E-state index is 0.0287. The number of carbonyl (C=O) groups excluding carboxylic acids is 1. The van der Waals surface area contributed by atoms with Crippen LogP contribution in [0.15, 0.2) is 18.2 Å². The van der Waals surface area contributed by atoms with Crippen molar-refractivity contribution in [1.29, 1.82) is 0 Å². The van der Waals surface area contributed by atoms with Gasteiger partial charge >= 0.3 is 15.4 Å². The summed E-state index contributed by atoms with van der Waals surface area (Å²) in [5, 5.41) is -2.73. The number of ether oxygens (including phenoxy) is 1. The molecule has 10 heteroatoms. The van der Waals surface area contributed by atoms with E-state index in [9.17, 15) is 22.0 Å². The molecule has 0 aromatic heterocycles. The largest absolute Gasteiger partial charge is 0.496 e. The number of halogens is 3. The standard InChI is InChI=1S/C10H10F2INO5S/c1-19-8-4-6(13)2-3-7(8)9(15)14-5-10(11,12)20(16,17)18/h2-4H,5H2,1H3,(H,14,15)(H,16,17,18). The lowest BCUT2D eigenvalue weighted by molar-refractivity contribution is 0.0698. The monoisotopic (exact) mass is 421 g/mol. The molecule has 2 N–H and O–H groups in total. The Bertz CT molecular complexity index is 620. The van der Waals surface area contributed by atoms with Crippen LogP contribution in [-0.2, 0) is 10.1 Å². The molecule has 1 aromatic carbocycles. The topological polar surface area (TPSA) is 92.7 Å². The van der Waals surface area contributed by atoms with Crippen LogP contribution in [0.2, 0.25) is 0 Å². The van der Waals surface area contributed by atoms with Gasteiger partial charge in [-0.2, -0.15) is 17.2 Å². The predicted octanol–water partition coefficient (Wildman–Crippen LogP) is 1.51. The molecule has 0 aliphatic rings. The minimum atomic E-state index is -5.58. The van der Waals surface area contributed by atoms with Gasteiger partial charge in [0.2, 0.25) is 0 Å². The van der Waals surface area contributed by atoms with Crippen LogP contribution in [0.1, 0.15) is 10.4 Å². The number of alkyl halides is 2. The number of nitrogens with one attached hydrogen (secondary N) is 1. The molecule has 1 rings (SSSR count). The summed E-state index contributed by atoms with van der Waals surface area (Å²) >= 11 is 1.97. The smallest absolute Gasteiger partial charge is 0.386 e. The maximum Gasteiger partial charge on any atom is 0.386 e. The van der Waals surface area contributed by atoms with Gasteiger partial charge in [0.1, 0.15) is 5.75 Å². The summed E-state index contributed by atoms with van der Waals surface area (Å²) in [6.45, 7) is -1.54. The highest BCUT2D eigenvalue weighted by Gasteiger charge is 2.44. The van der Waals surface area contributed by atoms with Crippen molar-refractivity contribution < 1.29 is 31.3 Å². The summed E-state index contributed by atoms with van der Waals surface area (Å²) in [4.78, 5) is 11.7. The highest BCUT2D eigenvalue weighted by atomic mass is 127. The van der Waals surface area contributed by atoms with Crippen molar-refractivity contribution in [2.24, 2.45) is 0 Å². The molecule has 0 unspecified atom stereocenters. The van der Waals surface area contributed by atoms with Crippen molar-refractivity contribution in [2.45, 2.75) is 5.25 Å². The van der Waals surface area contributed by atoms with Crippen LogP contribution in [0.5, 0.6) is 5.75 Å². The van der Waals surface area contributed by atoms with Crippen molar-refractivity contribution in [2.75, 3.05) is 13.7 Å². The number of benzene rings is 1. The van der Waals surface area contributed by atoms with Gasteiger partial charge in [0.25, 0.3) is 5.91 Å². The van der Waals surface area contributed by atoms with E-state index in [-0.39, 0.29) is 11.3 Å². The molecular weight excluding hydrogens is 411 g/mol. The number of rotatable bonds is 5. The molecule has 20 heavy (non-hydrogen) atoms. The van der Waals surface area contributed by atoms with E-state index in [0.29, 0.717) is 0 Å². The van der Waals surface area contributed by atoms with Gasteiger partial charge in [0, 0.05) is 3.57 Å². The molecule has 0 fully saturated rings. The quantitative estimate of drug-likeness (QED) is 0.556. The lowest BCUT2D eigenvalue weighted by Gasteiger charge is -2.14. The first kappa shape index (κ1) is 17.0. The number of amides is 1. The van der Waals surface area contributed by atoms with E-state index in [1.807, 2.05) is 22.6 Å². The molecule has 0 saturated heterocycles. The summed E-state index contributed by atoms with van der Waals surface area (Å²) in [6.07, 6.45) is 0. The molecule has 0 bridgehead atoms. The van der Waals surface area contributed by atoms with Crippen molar-refractivity contribution in [1.82, 2.24) is 5.32 Å². The van der Waals surface area contributed by atoms with E-state index >= 15 is 0 Å². The molecule has 112 valence electrons. The van der Waals surface area contributed by atoms with E-state index < -0.39 is 27.8 Å². The average molecular weight is 421 g/mol. The number of hydrogen-bond donors (Lipinski definition) is 2. The van der Waals surface area contributed by atoms with Gasteiger partial charge in [-0.05, 0) is 40.8 Å². The molecule has 0 heterocycles. The van der Waals surface area contributed by atoms with Crippen LogP contribution >= 0.6 is 22.6 Å². The zero-order valence-corrected chi connectivity index (χ0v) is 13.0. The molecular formula is C10H10F2INO5S. The van der Waals surface area contributed by atoms with Gasteiger partial charge in [-0.25, -0.2) is 0 Å².